The third kappa shape index (κ3) is 4.64. The normalized spacial score (nSPS) is 15.9. The third-order valence-electron chi connectivity index (χ3n) is 4.01. The predicted octanol–water partition coefficient (Wildman–Crippen LogP) is 0.0614. The van der Waals surface area contributed by atoms with E-state index < -0.39 is 18.7 Å². The summed E-state index contributed by atoms with van der Waals surface area (Å²) in [4.78, 5) is 39.3. The van der Waals surface area contributed by atoms with Crippen molar-refractivity contribution in [2.24, 2.45) is 13.0 Å². The van der Waals surface area contributed by atoms with Crippen LogP contribution in [0.2, 0.25) is 0 Å². The second kappa shape index (κ2) is 7.38. The van der Waals surface area contributed by atoms with Crippen LogP contribution in [-0.4, -0.2) is 41.5 Å². The van der Waals surface area contributed by atoms with E-state index >= 15 is 0 Å². The molecule has 23 heavy (non-hydrogen) atoms. The van der Waals surface area contributed by atoms with Crippen molar-refractivity contribution in [1.82, 2.24) is 14.9 Å². The van der Waals surface area contributed by atoms with E-state index in [1.807, 2.05) is 4.90 Å². The summed E-state index contributed by atoms with van der Waals surface area (Å²) in [5.74, 6) is 0.214. The molecule has 0 bridgehead atoms. The van der Waals surface area contributed by atoms with Gasteiger partial charge in [-0.25, -0.2) is 13.6 Å². The molecule has 1 aliphatic heterocycles. The van der Waals surface area contributed by atoms with Crippen LogP contribution in [0.3, 0.4) is 0 Å². The van der Waals surface area contributed by atoms with Crippen LogP contribution in [-0.2, 0) is 11.8 Å². The van der Waals surface area contributed by atoms with E-state index in [9.17, 15) is 23.2 Å². The van der Waals surface area contributed by atoms with Crippen LogP contribution in [0, 0.1) is 5.92 Å². The number of halogens is 2. The molecule has 1 aromatic rings. The van der Waals surface area contributed by atoms with E-state index in [1.54, 1.807) is 0 Å². The van der Waals surface area contributed by atoms with Crippen molar-refractivity contribution in [1.29, 1.82) is 0 Å². The molecule has 7 nitrogen and oxygen atoms in total. The van der Waals surface area contributed by atoms with Gasteiger partial charge in [0, 0.05) is 32.6 Å². The van der Waals surface area contributed by atoms with Crippen molar-refractivity contribution in [3.05, 3.63) is 26.9 Å². The quantitative estimate of drug-likeness (QED) is 0.799. The van der Waals surface area contributed by atoms with E-state index in [1.165, 1.54) is 13.1 Å². The van der Waals surface area contributed by atoms with E-state index in [0.29, 0.717) is 31.7 Å². The first kappa shape index (κ1) is 17.2. The fourth-order valence-electron chi connectivity index (χ4n) is 2.62. The molecule has 0 radical (unpaired) electrons. The summed E-state index contributed by atoms with van der Waals surface area (Å²) >= 11 is 0. The Labute approximate surface area is 131 Å². The van der Waals surface area contributed by atoms with Gasteiger partial charge in [-0.05, 0) is 18.8 Å². The fourth-order valence-corrected chi connectivity index (χ4v) is 2.62. The van der Waals surface area contributed by atoms with E-state index in [4.69, 9.17) is 0 Å². The second-order valence-corrected chi connectivity index (χ2v) is 5.69. The van der Waals surface area contributed by atoms with Gasteiger partial charge in [0.15, 0.2) is 0 Å². The Morgan fingerprint density at radius 3 is 2.61 bits per heavy atom. The lowest BCUT2D eigenvalue weighted by molar-refractivity contribution is -0.122. The summed E-state index contributed by atoms with van der Waals surface area (Å²) < 4.78 is 25.0. The largest absolute Gasteiger partial charge is 0.358 e. The molecule has 0 aliphatic carbocycles. The highest BCUT2D eigenvalue weighted by Gasteiger charge is 2.22. The lowest BCUT2D eigenvalue weighted by Crippen LogP contribution is -2.40. The number of piperidine rings is 1. The summed E-state index contributed by atoms with van der Waals surface area (Å²) in [7, 11) is 1.40. The number of hydrogen-bond acceptors (Lipinski definition) is 4. The van der Waals surface area contributed by atoms with Crippen LogP contribution in [0.4, 0.5) is 14.6 Å². The highest BCUT2D eigenvalue weighted by Crippen LogP contribution is 2.22. The third-order valence-corrected chi connectivity index (χ3v) is 4.01. The van der Waals surface area contributed by atoms with Gasteiger partial charge in [0.2, 0.25) is 5.91 Å². The molecule has 0 unspecified atom stereocenters. The highest BCUT2D eigenvalue weighted by atomic mass is 19.3. The van der Waals surface area contributed by atoms with Crippen LogP contribution in [0.15, 0.2) is 15.7 Å². The lowest BCUT2D eigenvalue weighted by Gasteiger charge is -2.32. The Kier molecular flexibility index (Phi) is 5.51. The summed E-state index contributed by atoms with van der Waals surface area (Å²) in [5, 5.41) is 2.20. The van der Waals surface area contributed by atoms with Gasteiger partial charge in [0.25, 0.3) is 12.0 Å². The molecule has 1 saturated heterocycles. The number of nitrogens with zero attached hydrogens (tertiary/aromatic N) is 2. The van der Waals surface area contributed by atoms with Crippen molar-refractivity contribution in [2.45, 2.75) is 25.7 Å². The van der Waals surface area contributed by atoms with Gasteiger partial charge in [-0.15, -0.1) is 0 Å². The Bertz CT molecular complexity index is 631. The smallest absolute Gasteiger partial charge is 0.329 e. The van der Waals surface area contributed by atoms with Crippen LogP contribution >= 0.6 is 0 Å². The number of amides is 1. The minimum atomic E-state index is -2.54. The molecule has 0 spiro atoms. The molecule has 2 rings (SSSR count). The minimum absolute atomic E-state index is 0.113. The van der Waals surface area contributed by atoms with Crippen molar-refractivity contribution in [2.75, 3.05) is 24.5 Å². The molecule has 0 atom stereocenters. The summed E-state index contributed by atoms with van der Waals surface area (Å²) in [6.45, 7) is 0.567. The number of anilines is 1. The maximum atomic E-state index is 12.0. The number of aromatic amines is 1. The molecule has 2 N–H and O–H groups in total. The average molecular weight is 330 g/mol. The van der Waals surface area contributed by atoms with Gasteiger partial charge in [0.05, 0.1) is 6.54 Å². The molecule has 1 fully saturated rings. The van der Waals surface area contributed by atoms with Crippen LogP contribution in [0.5, 0.6) is 0 Å². The number of alkyl halides is 2. The number of carbonyl (C=O) groups is 1. The second-order valence-electron chi connectivity index (χ2n) is 5.69. The van der Waals surface area contributed by atoms with Gasteiger partial charge in [-0.3, -0.25) is 19.1 Å². The maximum absolute atomic E-state index is 12.0. The zero-order valence-electron chi connectivity index (χ0n) is 12.8. The summed E-state index contributed by atoms with van der Waals surface area (Å²) in [6, 6.07) is 1.37. The first-order chi connectivity index (χ1) is 10.9. The van der Waals surface area contributed by atoms with Gasteiger partial charge in [-0.1, -0.05) is 0 Å². The van der Waals surface area contributed by atoms with E-state index in [-0.39, 0.29) is 23.8 Å². The molecule has 1 aromatic heterocycles. The molecule has 1 amide bonds. The zero-order chi connectivity index (χ0) is 17.0. The molecule has 128 valence electrons. The molecular weight excluding hydrogens is 310 g/mol. The van der Waals surface area contributed by atoms with Crippen LogP contribution in [0.1, 0.15) is 19.3 Å². The zero-order valence-corrected chi connectivity index (χ0v) is 12.8. The topological polar surface area (TPSA) is 87.2 Å². The van der Waals surface area contributed by atoms with E-state index in [2.05, 4.69) is 10.3 Å². The standard InChI is InChI=1S/C14H20F2N4O3/c1-19-13(22)7-11(18-14(19)23)20-4-2-9(3-5-20)6-12(21)17-8-10(15)16/h7,9-10H,2-6,8H2,1H3,(H,17,21)(H,18,23). The van der Waals surface area contributed by atoms with Crippen molar-refractivity contribution < 1.29 is 13.6 Å². The SMILES string of the molecule is Cn1c(=O)cc(N2CCC(CC(=O)NCC(F)F)CC2)[nH]c1=O. The monoisotopic (exact) mass is 330 g/mol. The number of aromatic nitrogens is 2. The number of H-pyrrole nitrogens is 1. The molecule has 0 saturated carbocycles. The summed E-state index contributed by atoms with van der Waals surface area (Å²) in [5.41, 5.74) is -0.849. The first-order valence-corrected chi connectivity index (χ1v) is 7.47. The van der Waals surface area contributed by atoms with Crippen molar-refractivity contribution >= 4 is 11.7 Å². The van der Waals surface area contributed by atoms with Gasteiger partial charge < -0.3 is 10.2 Å². The molecule has 2 heterocycles. The van der Waals surface area contributed by atoms with Crippen LogP contribution < -0.4 is 21.5 Å². The van der Waals surface area contributed by atoms with Gasteiger partial charge in [-0.2, -0.15) is 0 Å². The minimum Gasteiger partial charge on any atom is -0.358 e. The Morgan fingerprint density at radius 1 is 1.39 bits per heavy atom. The first-order valence-electron chi connectivity index (χ1n) is 7.47. The number of nitrogens with one attached hydrogen (secondary N) is 2. The number of carbonyl (C=O) groups excluding carboxylic acids is 1. The highest BCUT2D eigenvalue weighted by molar-refractivity contribution is 5.76. The van der Waals surface area contributed by atoms with E-state index in [0.717, 1.165) is 4.57 Å². The predicted molar refractivity (Wildman–Crippen MR) is 80.9 cm³/mol. The summed E-state index contributed by atoms with van der Waals surface area (Å²) in [6.07, 6.45) is -0.940. The van der Waals surface area contributed by atoms with Gasteiger partial charge in [0.1, 0.15) is 5.82 Å². The Hall–Kier alpha value is -2.19. The molecular formula is C14H20F2N4O3. The van der Waals surface area contributed by atoms with Gasteiger partial charge >= 0.3 is 5.69 Å². The van der Waals surface area contributed by atoms with Crippen molar-refractivity contribution in [3.63, 3.8) is 0 Å². The molecule has 1 aliphatic rings. The Balaban J connectivity index is 1.88. The fraction of sp³-hybridized carbons (Fsp3) is 0.643. The number of rotatable bonds is 5. The average Bonchev–Trinajstić information content (AvgIpc) is 2.51. The lowest BCUT2D eigenvalue weighted by atomic mass is 9.93. The Morgan fingerprint density at radius 2 is 2.04 bits per heavy atom. The van der Waals surface area contributed by atoms with Crippen molar-refractivity contribution in [3.8, 4) is 0 Å². The maximum Gasteiger partial charge on any atom is 0.329 e. The molecule has 0 aromatic carbocycles. The van der Waals surface area contributed by atoms with Crippen LogP contribution in [0.25, 0.3) is 0 Å². The number of hydrogen-bond donors (Lipinski definition) is 2. The molecule has 9 heteroatoms.